The van der Waals surface area contributed by atoms with Crippen molar-refractivity contribution in [2.24, 2.45) is 0 Å². The summed E-state index contributed by atoms with van der Waals surface area (Å²) < 4.78 is 0. The van der Waals surface area contributed by atoms with Crippen LogP contribution in [0.4, 0.5) is 0 Å². The summed E-state index contributed by atoms with van der Waals surface area (Å²) in [5.74, 6) is -0.966. The SMILES string of the molecule is CCN(C(C)=O)C1(C(=O)O)CCCCCCC1. The predicted molar refractivity (Wildman–Crippen MR) is 65.7 cm³/mol. The molecule has 4 nitrogen and oxygen atoms in total. The van der Waals surface area contributed by atoms with Crippen LogP contribution in [0.1, 0.15) is 58.8 Å². The van der Waals surface area contributed by atoms with Crippen molar-refractivity contribution in [1.29, 1.82) is 0 Å². The largest absolute Gasteiger partial charge is 0.479 e. The van der Waals surface area contributed by atoms with Gasteiger partial charge in [0, 0.05) is 13.5 Å². The van der Waals surface area contributed by atoms with E-state index in [9.17, 15) is 14.7 Å². The molecule has 0 radical (unpaired) electrons. The van der Waals surface area contributed by atoms with Crippen molar-refractivity contribution in [3.63, 3.8) is 0 Å². The lowest BCUT2D eigenvalue weighted by atomic mass is 9.82. The molecule has 4 heteroatoms. The minimum Gasteiger partial charge on any atom is -0.479 e. The van der Waals surface area contributed by atoms with Gasteiger partial charge in [0.1, 0.15) is 5.54 Å². The Balaban J connectivity index is 2.99. The molecule has 1 aliphatic rings. The monoisotopic (exact) mass is 241 g/mol. The Hall–Kier alpha value is -1.06. The molecule has 0 saturated heterocycles. The van der Waals surface area contributed by atoms with E-state index in [2.05, 4.69) is 0 Å². The summed E-state index contributed by atoms with van der Waals surface area (Å²) in [4.78, 5) is 24.8. The second-order valence-electron chi connectivity index (χ2n) is 4.87. The zero-order valence-electron chi connectivity index (χ0n) is 10.9. The maximum absolute atomic E-state index is 11.7. The van der Waals surface area contributed by atoms with Crippen LogP contribution in [0.3, 0.4) is 0 Å². The smallest absolute Gasteiger partial charge is 0.329 e. The summed E-state index contributed by atoms with van der Waals surface area (Å²) >= 11 is 0. The Bertz CT molecular complexity index is 280. The Morgan fingerprint density at radius 2 is 1.59 bits per heavy atom. The molecule has 0 aromatic rings. The number of carboxylic acid groups (broad SMARTS) is 1. The molecule has 17 heavy (non-hydrogen) atoms. The van der Waals surface area contributed by atoms with Gasteiger partial charge in [-0.1, -0.05) is 32.1 Å². The quantitative estimate of drug-likeness (QED) is 0.825. The summed E-state index contributed by atoms with van der Waals surface area (Å²) in [6, 6.07) is 0. The van der Waals surface area contributed by atoms with E-state index in [0.29, 0.717) is 19.4 Å². The normalized spacial score (nSPS) is 20.1. The molecule has 98 valence electrons. The van der Waals surface area contributed by atoms with E-state index in [1.165, 1.54) is 13.3 Å². The Labute approximate surface area is 103 Å². The second-order valence-corrected chi connectivity index (χ2v) is 4.87. The molecule has 0 heterocycles. The topological polar surface area (TPSA) is 57.6 Å². The van der Waals surface area contributed by atoms with E-state index in [1.807, 2.05) is 6.92 Å². The molecule has 0 aliphatic heterocycles. The Morgan fingerprint density at radius 3 is 1.94 bits per heavy atom. The summed E-state index contributed by atoms with van der Waals surface area (Å²) in [6.45, 7) is 3.79. The number of hydrogen-bond donors (Lipinski definition) is 1. The molecule has 0 atom stereocenters. The van der Waals surface area contributed by atoms with Crippen molar-refractivity contribution in [2.45, 2.75) is 64.3 Å². The zero-order valence-corrected chi connectivity index (χ0v) is 10.9. The van der Waals surface area contributed by atoms with E-state index in [0.717, 1.165) is 25.7 Å². The number of amides is 1. The Kier molecular flexibility index (Phi) is 4.97. The first kappa shape index (κ1) is 14.0. The van der Waals surface area contributed by atoms with E-state index >= 15 is 0 Å². The summed E-state index contributed by atoms with van der Waals surface area (Å²) in [5, 5.41) is 9.56. The number of carbonyl (C=O) groups is 2. The number of aliphatic carboxylic acids is 1. The standard InChI is InChI=1S/C13H23NO3/c1-3-14(11(2)15)13(12(16)17)9-7-5-4-6-8-10-13/h3-10H2,1-2H3,(H,16,17). The fourth-order valence-electron chi connectivity index (χ4n) is 2.92. The van der Waals surface area contributed by atoms with Gasteiger partial charge in [-0.15, -0.1) is 0 Å². The molecular weight excluding hydrogens is 218 g/mol. The lowest BCUT2D eigenvalue weighted by molar-refractivity contribution is -0.160. The number of nitrogens with zero attached hydrogens (tertiary/aromatic N) is 1. The minimum atomic E-state index is -0.957. The highest BCUT2D eigenvalue weighted by molar-refractivity contribution is 5.86. The van der Waals surface area contributed by atoms with Crippen molar-refractivity contribution >= 4 is 11.9 Å². The van der Waals surface area contributed by atoms with Gasteiger partial charge in [0.05, 0.1) is 0 Å². The number of carbonyl (C=O) groups excluding carboxylic acids is 1. The maximum atomic E-state index is 11.7. The van der Waals surface area contributed by atoms with Gasteiger partial charge in [-0.2, -0.15) is 0 Å². The minimum absolute atomic E-state index is 0.129. The molecular formula is C13H23NO3. The first-order valence-corrected chi connectivity index (χ1v) is 6.56. The van der Waals surface area contributed by atoms with Gasteiger partial charge in [0.2, 0.25) is 5.91 Å². The second kappa shape index (κ2) is 6.03. The molecule has 0 aromatic carbocycles. The number of rotatable bonds is 3. The van der Waals surface area contributed by atoms with Crippen LogP contribution in [0.2, 0.25) is 0 Å². The van der Waals surface area contributed by atoms with Crippen LogP contribution in [0, 0.1) is 0 Å². The van der Waals surface area contributed by atoms with Crippen molar-refractivity contribution in [2.75, 3.05) is 6.54 Å². The van der Waals surface area contributed by atoms with Crippen molar-refractivity contribution in [1.82, 2.24) is 4.90 Å². The predicted octanol–water partition coefficient (Wildman–Crippen LogP) is 2.42. The van der Waals surface area contributed by atoms with Gasteiger partial charge in [0.15, 0.2) is 0 Å². The van der Waals surface area contributed by atoms with E-state index in [4.69, 9.17) is 0 Å². The van der Waals surface area contributed by atoms with Gasteiger partial charge in [-0.05, 0) is 19.8 Å². The van der Waals surface area contributed by atoms with Crippen LogP contribution >= 0.6 is 0 Å². The van der Waals surface area contributed by atoms with Gasteiger partial charge in [0.25, 0.3) is 0 Å². The first-order chi connectivity index (χ1) is 8.04. The van der Waals surface area contributed by atoms with Crippen molar-refractivity contribution < 1.29 is 14.7 Å². The van der Waals surface area contributed by atoms with E-state index in [-0.39, 0.29) is 5.91 Å². The number of hydrogen-bond acceptors (Lipinski definition) is 2. The van der Waals surface area contributed by atoms with Crippen LogP contribution in [0.25, 0.3) is 0 Å². The average molecular weight is 241 g/mol. The Morgan fingerprint density at radius 1 is 1.12 bits per heavy atom. The first-order valence-electron chi connectivity index (χ1n) is 6.56. The molecule has 0 unspecified atom stereocenters. The summed E-state index contributed by atoms with van der Waals surface area (Å²) in [7, 11) is 0. The van der Waals surface area contributed by atoms with Gasteiger partial charge >= 0.3 is 5.97 Å². The molecule has 1 rings (SSSR count). The number of carboxylic acids is 1. The highest BCUT2D eigenvalue weighted by atomic mass is 16.4. The molecule has 0 aromatic heterocycles. The van der Waals surface area contributed by atoms with Gasteiger partial charge < -0.3 is 10.0 Å². The average Bonchev–Trinajstić information content (AvgIpc) is 2.21. The third-order valence-corrected chi connectivity index (χ3v) is 3.79. The maximum Gasteiger partial charge on any atom is 0.329 e. The fraction of sp³-hybridized carbons (Fsp3) is 0.846. The summed E-state index contributed by atoms with van der Waals surface area (Å²) in [6.07, 6.45) is 6.31. The van der Waals surface area contributed by atoms with E-state index < -0.39 is 11.5 Å². The van der Waals surface area contributed by atoms with Crippen LogP contribution in [0.5, 0.6) is 0 Å². The van der Waals surface area contributed by atoms with Crippen LogP contribution in [0.15, 0.2) is 0 Å². The summed E-state index contributed by atoms with van der Waals surface area (Å²) in [5.41, 5.74) is -0.957. The fourth-order valence-corrected chi connectivity index (χ4v) is 2.92. The third-order valence-electron chi connectivity index (χ3n) is 3.79. The highest BCUT2D eigenvalue weighted by Crippen LogP contribution is 2.32. The lowest BCUT2D eigenvalue weighted by Crippen LogP contribution is -2.56. The highest BCUT2D eigenvalue weighted by Gasteiger charge is 2.44. The van der Waals surface area contributed by atoms with Crippen molar-refractivity contribution in [3.05, 3.63) is 0 Å². The molecule has 1 saturated carbocycles. The molecule has 1 fully saturated rings. The van der Waals surface area contributed by atoms with Crippen LogP contribution in [-0.2, 0) is 9.59 Å². The lowest BCUT2D eigenvalue weighted by Gasteiger charge is -2.41. The van der Waals surface area contributed by atoms with Crippen LogP contribution in [-0.4, -0.2) is 34.0 Å². The van der Waals surface area contributed by atoms with Crippen molar-refractivity contribution in [3.8, 4) is 0 Å². The van der Waals surface area contributed by atoms with E-state index in [1.54, 1.807) is 4.90 Å². The molecule has 1 amide bonds. The van der Waals surface area contributed by atoms with Gasteiger partial charge in [-0.3, -0.25) is 4.79 Å². The van der Waals surface area contributed by atoms with Gasteiger partial charge in [-0.25, -0.2) is 4.79 Å². The zero-order chi connectivity index (χ0) is 12.9. The molecule has 1 aliphatic carbocycles. The third kappa shape index (κ3) is 2.99. The van der Waals surface area contributed by atoms with Crippen LogP contribution < -0.4 is 0 Å². The molecule has 1 N–H and O–H groups in total. The molecule has 0 spiro atoms. The number of likely N-dealkylation sites (N-methyl/N-ethyl adjacent to an activating group) is 1. The molecule has 0 bridgehead atoms.